The van der Waals surface area contributed by atoms with Crippen molar-refractivity contribution in [1.29, 1.82) is 0 Å². The van der Waals surface area contributed by atoms with E-state index in [0.717, 1.165) is 18.2 Å². The standard InChI is InChI=1S/C9H11F2NO/c1-6(12)5-13-9-3-7(10)2-8(11)4-9/h2-4,6H,5,12H2,1H3/t6-/m1/s1. The van der Waals surface area contributed by atoms with Crippen LogP contribution < -0.4 is 10.5 Å². The highest BCUT2D eigenvalue weighted by Gasteiger charge is 2.02. The van der Waals surface area contributed by atoms with Gasteiger partial charge in [-0.15, -0.1) is 0 Å². The van der Waals surface area contributed by atoms with Crippen molar-refractivity contribution < 1.29 is 13.5 Å². The molecule has 13 heavy (non-hydrogen) atoms. The Morgan fingerprint density at radius 2 is 1.85 bits per heavy atom. The Labute approximate surface area is 75.3 Å². The minimum Gasteiger partial charge on any atom is -0.492 e. The topological polar surface area (TPSA) is 35.2 Å². The van der Waals surface area contributed by atoms with E-state index >= 15 is 0 Å². The molecule has 0 bridgehead atoms. The Morgan fingerprint density at radius 3 is 2.31 bits per heavy atom. The molecule has 0 aliphatic heterocycles. The van der Waals surface area contributed by atoms with Crippen LogP contribution in [0.2, 0.25) is 0 Å². The number of benzene rings is 1. The zero-order chi connectivity index (χ0) is 9.84. The Kier molecular flexibility index (Phi) is 3.19. The van der Waals surface area contributed by atoms with E-state index in [4.69, 9.17) is 10.5 Å². The number of hydrogen-bond acceptors (Lipinski definition) is 2. The summed E-state index contributed by atoms with van der Waals surface area (Å²) in [6.45, 7) is 1.98. The average molecular weight is 187 g/mol. The van der Waals surface area contributed by atoms with Crippen molar-refractivity contribution in [2.24, 2.45) is 5.73 Å². The van der Waals surface area contributed by atoms with E-state index in [1.54, 1.807) is 6.92 Å². The second kappa shape index (κ2) is 4.18. The first kappa shape index (κ1) is 9.92. The molecule has 0 saturated heterocycles. The summed E-state index contributed by atoms with van der Waals surface area (Å²) in [5, 5.41) is 0. The third kappa shape index (κ3) is 3.38. The summed E-state index contributed by atoms with van der Waals surface area (Å²) in [7, 11) is 0. The molecular weight excluding hydrogens is 176 g/mol. The van der Waals surface area contributed by atoms with E-state index in [2.05, 4.69) is 0 Å². The summed E-state index contributed by atoms with van der Waals surface area (Å²) in [4.78, 5) is 0. The molecular formula is C9H11F2NO. The van der Waals surface area contributed by atoms with E-state index in [0.29, 0.717) is 0 Å². The predicted molar refractivity (Wildman–Crippen MR) is 45.5 cm³/mol. The molecule has 1 rings (SSSR count). The minimum atomic E-state index is -0.653. The van der Waals surface area contributed by atoms with Crippen LogP contribution in [-0.2, 0) is 0 Å². The normalized spacial score (nSPS) is 12.6. The molecule has 0 aromatic heterocycles. The van der Waals surface area contributed by atoms with Gasteiger partial charge >= 0.3 is 0 Å². The fourth-order valence-corrected chi connectivity index (χ4v) is 0.840. The maximum atomic E-state index is 12.6. The molecule has 1 atom stereocenters. The lowest BCUT2D eigenvalue weighted by molar-refractivity contribution is 0.293. The Bertz CT molecular complexity index is 269. The summed E-state index contributed by atoms with van der Waals surface area (Å²) < 4.78 is 30.2. The number of ether oxygens (including phenoxy) is 1. The van der Waals surface area contributed by atoms with E-state index < -0.39 is 11.6 Å². The second-order valence-electron chi connectivity index (χ2n) is 2.89. The third-order valence-electron chi connectivity index (χ3n) is 1.35. The van der Waals surface area contributed by atoms with Gasteiger partial charge in [-0.3, -0.25) is 0 Å². The molecule has 0 radical (unpaired) electrons. The van der Waals surface area contributed by atoms with Gasteiger partial charge in [0.1, 0.15) is 24.0 Å². The molecule has 2 N–H and O–H groups in total. The first-order chi connectivity index (χ1) is 6.08. The SMILES string of the molecule is C[C@@H](N)COc1cc(F)cc(F)c1. The van der Waals surface area contributed by atoms with Gasteiger partial charge in [-0.1, -0.05) is 0 Å². The van der Waals surface area contributed by atoms with E-state index in [-0.39, 0.29) is 18.4 Å². The van der Waals surface area contributed by atoms with Gasteiger partial charge in [-0.2, -0.15) is 0 Å². The van der Waals surface area contributed by atoms with Gasteiger partial charge in [-0.25, -0.2) is 8.78 Å². The molecule has 0 saturated carbocycles. The van der Waals surface area contributed by atoms with E-state index in [1.807, 2.05) is 0 Å². The molecule has 0 spiro atoms. The molecule has 0 heterocycles. The minimum absolute atomic E-state index is 0.161. The third-order valence-corrected chi connectivity index (χ3v) is 1.35. The molecule has 2 nitrogen and oxygen atoms in total. The van der Waals surface area contributed by atoms with Crippen molar-refractivity contribution in [3.63, 3.8) is 0 Å². The number of nitrogens with two attached hydrogens (primary N) is 1. The van der Waals surface area contributed by atoms with Gasteiger partial charge in [0.25, 0.3) is 0 Å². The first-order valence-electron chi connectivity index (χ1n) is 3.92. The van der Waals surface area contributed by atoms with Crippen molar-refractivity contribution in [1.82, 2.24) is 0 Å². The van der Waals surface area contributed by atoms with Crippen LogP contribution >= 0.6 is 0 Å². The van der Waals surface area contributed by atoms with Gasteiger partial charge in [-0.05, 0) is 6.92 Å². The maximum absolute atomic E-state index is 12.6. The van der Waals surface area contributed by atoms with Crippen LogP contribution in [0.15, 0.2) is 18.2 Å². The van der Waals surface area contributed by atoms with Crippen LogP contribution in [0.25, 0.3) is 0 Å². The van der Waals surface area contributed by atoms with Crippen molar-refractivity contribution in [3.05, 3.63) is 29.8 Å². The Hall–Kier alpha value is -1.16. The van der Waals surface area contributed by atoms with Gasteiger partial charge < -0.3 is 10.5 Å². The fraction of sp³-hybridized carbons (Fsp3) is 0.333. The van der Waals surface area contributed by atoms with Crippen molar-refractivity contribution in [2.45, 2.75) is 13.0 Å². The van der Waals surface area contributed by atoms with E-state index in [9.17, 15) is 8.78 Å². The number of rotatable bonds is 3. The molecule has 4 heteroatoms. The highest BCUT2D eigenvalue weighted by Crippen LogP contribution is 2.15. The highest BCUT2D eigenvalue weighted by molar-refractivity contribution is 5.23. The van der Waals surface area contributed by atoms with Crippen LogP contribution in [0.4, 0.5) is 8.78 Å². The molecule has 0 fully saturated rings. The van der Waals surface area contributed by atoms with Crippen LogP contribution in [0.1, 0.15) is 6.92 Å². The average Bonchev–Trinajstić information content (AvgIpc) is 1.99. The molecule has 1 aromatic carbocycles. The van der Waals surface area contributed by atoms with Gasteiger partial charge in [0, 0.05) is 24.2 Å². The maximum Gasteiger partial charge on any atom is 0.129 e. The van der Waals surface area contributed by atoms with Crippen LogP contribution in [0.5, 0.6) is 5.75 Å². The molecule has 0 unspecified atom stereocenters. The monoisotopic (exact) mass is 187 g/mol. The molecule has 0 amide bonds. The first-order valence-corrected chi connectivity index (χ1v) is 3.92. The summed E-state index contributed by atoms with van der Waals surface area (Å²) in [5.41, 5.74) is 5.40. The van der Waals surface area contributed by atoms with Crippen molar-refractivity contribution in [3.8, 4) is 5.75 Å². The van der Waals surface area contributed by atoms with Crippen LogP contribution in [0.3, 0.4) is 0 Å². The molecule has 0 aliphatic carbocycles. The van der Waals surface area contributed by atoms with Crippen molar-refractivity contribution >= 4 is 0 Å². The van der Waals surface area contributed by atoms with Gasteiger partial charge in [0.2, 0.25) is 0 Å². The lowest BCUT2D eigenvalue weighted by Gasteiger charge is -2.08. The zero-order valence-corrected chi connectivity index (χ0v) is 7.26. The highest BCUT2D eigenvalue weighted by atomic mass is 19.1. The van der Waals surface area contributed by atoms with Crippen LogP contribution in [0, 0.1) is 11.6 Å². The second-order valence-corrected chi connectivity index (χ2v) is 2.89. The summed E-state index contributed by atoms with van der Waals surface area (Å²) in [6, 6.07) is 2.86. The van der Waals surface area contributed by atoms with E-state index in [1.165, 1.54) is 0 Å². The predicted octanol–water partition coefficient (Wildman–Crippen LogP) is 1.69. The Balaban J connectivity index is 2.66. The lowest BCUT2D eigenvalue weighted by Crippen LogP contribution is -2.23. The number of hydrogen-bond donors (Lipinski definition) is 1. The smallest absolute Gasteiger partial charge is 0.129 e. The fourth-order valence-electron chi connectivity index (χ4n) is 0.840. The molecule has 72 valence electrons. The van der Waals surface area contributed by atoms with Crippen LogP contribution in [-0.4, -0.2) is 12.6 Å². The molecule has 1 aromatic rings. The van der Waals surface area contributed by atoms with Gasteiger partial charge in [0.15, 0.2) is 0 Å². The van der Waals surface area contributed by atoms with Gasteiger partial charge in [0.05, 0.1) is 0 Å². The summed E-state index contributed by atoms with van der Waals surface area (Å²) in [5.74, 6) is -1.14. The molecule has 0 aliphatic rings. The van der Waals surface area contributed by atoms with Crippen molar-refractivity contribution in [2.75, 3.05) is 6.61 Å². The zero-order valence-electron chi connectivity index (χ0n) is 7.26. The summed E-state index contributed by atoms with van der Waals surface area (Å²) in [6.07, 6.45) is 0. The quantitative estimate of drug-likeness (QED) is 0.781. The Morgan fingerprint density at radius 1 is 1.31 bits per heavy atom. The number of halogens is 2. The summed E-state index contributed by atoms with van der Waals surface area (Å²) >= 11 is 0. The lowest BCUT2D eigenvalue weighted by atomic mass is 10.3. The largest absolute Gasteiger partial charge is 0.492 e.